The number of rotatable bonds is 8. The number of likely N-dealkylation sites (tertiary alicyclic amines) is 1. The van der Waals surface area contributed by atoms with Crippen LogP contribution in [0.2, 0.25) is 0 Å². The van der Waals surface area contributed by atoms with E-state index in [9.17, 15) is 26.0 Å². The van der Waals surface area contributed by atoms with E-state index in [-0.39, 0.29) is 34.5 Å². The first-order valence-corrected chi connectivity index (χ1v) is 14.5. The van der Waals surface area contributed by atoms with Crippen LogP contribution in [0.4, 0.5) is 28.9 Å². The molecular formula is C26H28F4N4O3S2. The second-order valence-corrected chi connectivity index (χ2v) is 11.8. The first-order valence-electron chi connectivity index (χ1n) is 12.1. The summed E-state index contributed by atoms with van der Waals surface area (Å²) in [5.41, 5.74) is 1.18. The third-order valence-corrected chi connectivity index (χ3v) is 8.44. The number of anilines is 2. The molecule has 0 saturated carbocycles. The van der Waals surface area contributed by atoms with Crippen molar-refractivity contribution in [3.8, 4) is 17.6 Å². The molecule has 39 heavy (non-hydrogen) atoms. The largest absolute Gasteiger partial charge is 0.461 e. The van der Waals surface area contributed by atoms with E-state index in [1.165, 1.54) is 23.5 Å². The summed E-state index contributed by atoms with van der Waals surface area (Å²) in [7, 11) is -1.96. The monoisotopic (exact) mass is 584 g/mol. The fourth-order valence-electron chi connectivity index (χ4n) is 4.40. The van der Waals surface area contributed by atoms with Gasteiger partial charge in [-0.2, -0.15) is 13.2 Å². The maximum Gasteiger partial charge on any atom is 0.393 e. The molecule has 210 valence electrons. The van der Waals surface area contributed by atoms with Gasteiger partial charge in [0.15, 0.2) is 0 Å². The number of hydrogen-bond acceptors (Lipinski definition) is 7. The Morgan fingerprint density at radius 2 is 1.92 bits per heavy atom. The van der Waals surface area contributed by atoms with Crippen LogP contribution < -0.4 is 20.5 Å². The molecule has 2 aromatic carbocycles. The van der Waals surface area contributed by atoms with Crippen LogP contribution in [0, 0.1) is 11.8 Å². The van der Waals surface area contributed by atoms with E-state index in [0.717, 1.165) is 42.4 Å². The average molecular weight is 585 g/mol. The number of sulfonamides is 1. The number of nitrogens with one attached hydrogen (secondary N) is 2. The minimum Gasteiger partial charge on any atom is -0.461 e. The van der Waals surface area contributed by atoms with Crippen LogP contribution in [0.5, 0.6) is 5.75 Å². The lowest BCUT2D eigenvalue weighted by atomic mass is 10.0. The fraction of sp³-hybridized carbons (Fsp3) is 0.385. The standard InChI is InChI=1S/C26H28F4N4O3S2/c1-34-12-9-17(10-13-34)33-22-5-2-4-19-20(15-26(28,29)30)24(38-25(19)22)6-3-11-32-21-8-7-18(39(31,35)36)14-23(21)37-16-27/h2,4-5,7-8,14,17,32-33H,9-13,15-16H2,1H3,(H2,31,35,36). The second kappa shape index (κ2) is 12.0. The third kappa shape index (κ3) is 7.54. The van der Waals surface area contributed by atoms with Crippen LogP contribution in [-0.4, -0.2) is 59.1 Å². The lowest BCUT2D eigenvalue weighted by Gasteiger charge is -2.30. The van der Waals surface area contributed by atoms with Crippen LogP contribution in [0.15, 0.2) is 41.3 Å². The fourth-order valence-corrected chi connectivity index (χ4v) is 6.10. The maximum absolute atomic E-state index is 13.5. The van der Waals surface area contributed by atoms with Crippen molar-refractivity contribution in [3.63, 3.8) is 0 Å². The van der Waals surface area contributed by atoms with E-state index in [4.69, 9.17) is 9.88 Å². The Kier molecular flexibility index (Phi) is 8.90. The maximum atomic E-state index is 13.5. The molecule has 1 fully saturated rings. The lowest BCUT2D eigenvalue weighted by Crippen LogP contribution is -2.36. The molecule has 0 atom stereocenters. The highest BCUT2D eigenvalue weighted by Gasteiger charge is 2.31. The van der Waals surface area contributed by atoms with Crippen molar-refractivity contribution >= 4 is 42.8 Å². The summed E-state index contributed by atoms with van der Waals surface area (Å²) in [5, 5.41) is 12.0. The molecule has 4 rings (SSSR count). The SMILES string of the molecule is CN1CCC(Nc2cccc3c(CC(F)(F)F)c(C#CCNc4ccc(S(N)(=O)=O)cc4OCF)sc23)CC1. The van der Waals surface area contributed by atoms with E-state index in [1.54, 1.807) is 12.1 Å². The summed E-state index contributed by atoms with van der Waals surface area (Å²) in [4.78, 5) is 2.30. The van der Waals surface area contributed by atoms with Gasteiger partial charge < -0.3 is 20.3 Å². The zero-order valence-electron chi connectivity index (χ0n) is 21.1. The zero-order valence-corrected chi connectivity index (χ0v) is 22.7. The van der Waals surface area contributed by atoms with Gasteiger partial charge in [0, 0.05) is 12.1 Å². The van der Waals surface area contributed by atoms with Gasteiger partial charge in [0.1, 0.15) is 5.75 Å². The number of nitrogens with two attached hydrogens (primary N) is 1. The van der Waals surface area contributed by atoms with Gasteiger partial charge in [-0.15, -0.1) is 11.3 Å². The minimum atomic E-state index is -4.41. The van der Waals surface area contributed by atoms with Crippen molar-refractivity contribution in [3.05, 3.63) is 46.8 Å². The molecule has 0 aliphatic carbocycles. The summed E-state index contributed by atoms with van der Waals surface area (Å²) >= 11 is 1.21. The molecule has 0 bridgehead atoms. The first kappa shape index (κ1) is 28.9. The van der Waals surface area contributed by atoms with Gasteiger partial charge in [-0.05, 0) is 62.1 Å². The molecule has 3 aromatic rings. The van der Waals surface area contributed by atoms with Crippen LogP contribution in [-0.2, 0) is 16.4 Å². The summed E-state index contributed by atoms with van der Waals surface area (Å²) in [6, 6.07) is 9.21. The van der Waals surface area contributed by atoms with Gasteiger partial charge in [-0.1, -0.05) is 24.0 Å². The number of hydrogen-bond donors (Lipinski definition) is 3. The Hall–Kier alpha value is -3.05. The van der Waals surface area contributed by atoms with E-state index in [2.05, 4.69) is 34.4 Å². The number of halogens is 4. The number of ether oxygens (including phenoxy) is 1. The average Bonchev–Trinajstić information content (AvgIpc) is 3.20. The van der Waals surface area contributed by atoms with Crippen LogP contribution in [0.25, 0.3) is 10.1 Å². The van der Waals surface area contributed by atoms with Gasteiger partial charge in [0.2, 0.25) is 16.9 Å². The van der Waals surface area contributed by atoms with Gasteiger partial charge in [-0.3, -0.25) is 0 Å². The Bertz CT molecular complexity index is 1490. The molecule has 0 unspecified atom stereocenters. The van der Waals surface area contributed by atoms with E-state index in [0.29, 0.717) is 10.3 Å². The third-order valence-electron chi connectivity index (χ3n) is 6.33. The van der Waals surface area contributed by atoms with Crippen molar-refractivity contribution in [1.29, 1.82) is 0 Å². The number of fused-ring (bicyclic) bond motifs is 1. The quantitative estimate of drug-likeness (QED) is 0.257. The molecule has 4 N–H and O–H groups in total. The number of nitrogens with zero attached hydrogens (tertiary/aromatic N) is 1. The summed E-state index contributed by atoms with van der Waals surface area (Å²) < 4.78 is 82.1. The molecule has 1 aromatic heterocycles. The Morgan fingerprint density at radius 3 is 2.59 bits per heavy atom. The predicted molar refractivity (Wildman–Crippen MR) is 146 cm³/mol. The number of piperidine rings is 1. The first-order chi connectivity index (χ1) is 18.4. The summed E-state index contributed by atoms with van der Waals surface area (Å²) in [6.07, 6.45) is -3.63. The molecule has 0 radical (unpaired) electrons. The van der Waals surface area contributed by atoms with Crippen molar-refractivity contribution in [1.82, 2.24) is 4.90 Å². The Balaban J connectivity index is 1.59. The number of benzene rings is 2. The highest BCUT2D eigenvalue weighted by atomic mass is 32.2. The van der Waals surface area contributed by atoms with Crippen LogP contribution in [0.1, 0.15) is 23.3 Å². The highest BCUT2D eigenvalue weighted by Crippen LogP contribution is 2.39. The van der Waals surface area contributed by atoms with Gasteiger partial charge in [0.25, 0.3) is 0 Å². The van der Waals surface area contributed by atoms with Gasteiger partial charge >= 0.3 is 6.18 Å². The Labute approximate surface area is 228 Å². The van der Waals surface area contributed by atoms with Crippen molar-refractivity contribution in [2.24, 2.45) is 5.14 Å². The lowest BCUT2D eigenvalue weighted by molar-refractivity contribution is -0.126. The smallest absolute Gasteiger partial charge is 0.393 e. The number of alkyl halides is 4. The van der Waals surface area contributed by atoms with Crippen LogP contribution in [0.3, 0.4) is 0 Å². The second-order valence-electron chi connectivity index (χ2n) is 9.22. The van der Waals surface area contributed by atoms with Crippen molar-refractivity contribution < 1.29 is 30.7 Å². The van der Waals surface area contributed by atoms with Crippen molar-refractivity contribution in [2.75, 3.05) is 44.2 Å². The molecule has 7 nitrogen and oxygen atoms in total. The van der Waals surface area contributed by atoms with Crippen molar-refractivity contribution in [2.45, 2.75) is 36.4 Å². The highest BCUT2D eigenvalue weighted by molar-refractivity contribution is 7.89. The molecule has 1 aliphatic heterocycles. The predicted octanol–water partition coefficient (Wildman–Crippen LogP) is 4.93. The Morgan fingerprint density at radius 1 is 1.18 bits per heavy atom. The van der Waals surface area contributed by atoms with Gasteiger partial charge in [0.05, 0.1) is 38.8 Å². The van der Waals surface area contributed by atoms with Gasteiger partial charge in [-0.25, -0.2) is 17.9 Å². The van der Waals surface area contributed by atoms with E-state index in [1.807, 2.05) is 6.07 Å². The van der Waals surface area contributed by atoms with Crippen LogP contribution >= 0.6 is 11.3 Å². The topological polar surface area (TPSA) is 96.7 Å². The molecule has 13 heteroatoms. The van der Waals surface area contributed by atoms with E-state index >= 15 is 0 Å². The molecular weight excluding hydrogens is 556 g/mol. The normalized spacial score (nSPS) is 15.1. The number of primary sulfonamides is 1. The summed E-state index contributed by atoms with van der Waals surface area (Å²) in [6.45, 7) is 0.677. The molecule has 0 spiro atoms. The van der Waals surface area contributed by atoms with E-state index < -0.39 is 29.5 Å². The number of thiophene rings is 1. The minimum absolute atomic E-state index is 0.0161. The molecule has 0 amide bonds. The zero-order chi connectivity index (χ0) is 28.2. The molecule has 2 heterocycles. The molecule has 1 saturated heterocycles. The molecule has 1 aliphatic rings. The summed E-state index contributed by atoms with van der Waals surface area (Å²) in [5.74, 6) is 5.59.